The van der Waals surface area contributed by atoms with E-state index in [9.17, 15) is 4.79 Å². The Bertz CT molecular complexity index is 529. The second-order valence-electron chi connectivity index (χ2n) is 8.62. The van der Waals surface area contributed by atoms with Crippen LogP contribution in [0, 0.1) is 11.8 Å². The quantitative estimate of drug-likeness (QED) is 0.744. The van der Waals surface area contributed by atoms with Gasteiger partial charge in [0, 0.05) is 18.7 Å². The van der Waals surface area contributed by atoms with Crippen molar-refractivity contribution in [3.63, 3.8) is 0 Å². The highest BCUT2D eigenvalue weighted by Gasteiger charge is 2.47. The summed E-state index contributed by atoms with van der Waals surface area (Å²) in [4.78, 5) is 12.5. The molecule has 0 aromatic carbocycles. The van der Waals surface area contributed by atoms with Gasteiger partial charge in [0.2, 0.25) is 0 Å². The van der Waals surface area contributed by atoms with Crippen molar-refractivity contribution in [2.45, 2.75) is 102 Å². The normalized spacial score (nSPS) is 35.2. The van der Waals surface area contributed by atoms with E-state index in [2.05, 4.69) is 10.4 Å². The minimum atomic E-state index is -0.339. The molecule has 4 aliphatic rings. The van der Waals surface area contributed by atoms with Crippen molar-refractivity contribution in [1.82, 2.24) is 10.3 Å². The Hall–Kier alpha value is -1.14. The van der Waals surface area contributed by atoms with Crippen LogP contribution in [0.3, 0.4) is 0 Å². The van der Waals surface area contributed by atoms with Crippen LogP contribution >= 0.6 is 0 Å². The highest BCUT2D eigenvalue weighted by Crippen LogP contribution is 2.36. The summed E-state index contributed by atoms with van der Waals surface area (Å²) in [5, 5.41) is 10.4. The molecular formula is C21H35N3O3. The van der Waals surface area contributed by atoms with Gasteiger partial charge < -0.3 is 9.47 Å². The maximum Gasteiger partial charge on any atom is 0.318 e. The molecule has 4 rings (SSSR count). The first-order valence-electron chi connectivity index (χ1n) is 11.2. The lowest BCUT2D eigenvalue weighted by Crippen LogP contribution is -2.62. The SMILES string of the molecule is CCOC(=O)C1C=NN2C(OC3CCCCC3)CC(C3CCCCC3)NC12. The average Bonchev–Trinajstić information content (AvgIpc) is 3.14. The number of esters is 1. The van der Waals surface area contributed by atoms with Crippen molar-refractivity contribution in [3.8, 4) is 0 Å². The lowest BCUT2D eigenvalue weighted by atomic mass is 9.81. The van der Waals surface area contributed by atoms with Gasteiger partial charge in [-0.3, -0.25) is 15.1 Å². The molecule has 2 saturated carbocycles. The molecule has 0 spiro atoms. The summed E-state index contributed by atoms with van der Waals surface area (Å²) in [5.41, 5.74) is 0. The van der Waals surface area contributed by atoms with E-state index in [0.717, 1.165) is 19.3 Å². The smallest absolute Gasteiger partial charge is 0.318 e. The second kappa shape index (κ2) is 8.91. The molecule has 152 valence electrons. The Morgan fingerprint density at radius 1 is 1.11 bits per heavy atom. The van der Waals surface area contributed by atoms with Gasteiger partial charge in [0.1, 0.15) is 18.3 Å². The molecule has 1 saturated heterocycles. The van der Waals surface area contributed by atoms with Gasteiger partial charge in [-0.05, 0) is 38.5 Å². The van der Waals surface area contributed by atoms with Gasteiger partial charge in [-0.25, -0.2) is 0 Å². The van der Waals surface area contributed by atoms with E-state index >= 15 is 0 Å². The number of rotatable bonds is 5. The minimum Gasteiger partial charge on any atom is -0.465 e. The van der Waals surface area contributed by atoms with E-state index in [4.69, 9.17) is 9.47 Å². The summed E-state index contributed by atoms with van der Waals surface area (Å²) in [6.07, 6.45) is 15.6. The van der Waals surface area contributed by atoms with E-state index in [1.54, 1.807) is 6.21 Å². The zero-order valence-electron chi connectivity index (χ0n) is 16.6. The van der Waals surface area contributed by atoms with E-state index in [1.807, 2.05) is 11.9 Å². The minimum absolute atomic E-state index is 0.0260. The first-order chi connectivity index (χ1) is 13.3. The fourth-order valence-electron chi connectivity index (χ4n) is 5.35. The highest BCUT2D eigenvalue weighted by molar-refractivity contribution is 5.91. The summed E-state index contributed by atoms with van der Waals surface area (Å²) in [7, 11) is 0. The Morgan fingerprint density at radius 2 is 1.81 bits per heavy atom. The number of nitrogens with zero attached hydrogens (tertiary/aromatic N) is 2. The maximum absolute atomic E-state index is 12.5. The second-order valence-corrected chi connectivity index (χ2v) is 8.62. The van der Waals surface area contributed by atoms with Crippen LogP contribution < -0.4 is 5.32 Å². The predicted molar refractivity (Wildman–Crippen MR) is 104 cm³/mol. The lowest BCUT2D eigenvalue weighted by molar-refractivity contribution is -0.166. The fourth-order valence-corrected chi connectivity index (χ4v) is 5.35. The Labute approximate surface area is 163 Å². The molecule has 3 fully saturated rings. The van der Waals surface area contributed by atoms with E-state index < -0.39 is 0 Å². The summed E-state index contributed by atoms with van der Waals surface area (Å²) >= 11 is 0. The largest absolute Gasteiger partial charge is 0.465 e. The Kier molecular flexibility index (Phi) is 6.33. The van der Waals surface area contributed by atoms with Crippen molar-refractivity contribution >= 4 is 12.2 Å². The molecule has 6 nitrogen and oxygen atoms in total. The standard InChI is InChI=1S/C21H35N3O3/c1-2-26-21(25)17-14-22-24-19(27-16-11-7-4-8-12-16)13-18(23-20(17)24)15-9-5-3-6-10-15/h14-20,23H,2-13H2,1H3. The number of ether oxygens (including phenoxy) is 2. The van der Waals surface area contributed by atoms with Crippen molar-refractivity contribution in [2.75, 3.05) is 6.61 Å². The van der Waals surface area contributed by atoms with Crippen LogP contribution in [-0.4, -0.2) is 48.3 Å². The van der Waals surface area contributed by atoms with Gasteiger partial charge >= 0.3 is 5.97 Å². The third-order valence-corrected chi connectivity index (χ3v) is 6.80. The molecule has 0 bridgehead atoms. The van der Waals surface area contributed by atoms with Crippen molar-refractivity contribution in [1.29, 1.82) is 0 Å². The van der Waals surface area contributed by atoms with Gasteiger partial charge in [-0.15, -0.1) is 0 Å². The maximum atomic E-state index is 12.5. The summed E-state index contributed by atoms with van der Waals surface area (Å²) < 4.78 is 11.9. The number of nitrogens with one attached hydrogen (secondary N) is 1. The average molecular weight is 378 g/mol. The number of carbonyl (C=O) groups excluding carboxylic acids is 1. The lowest BCUT2D eigenvalue weighted by Gasteiger charge is -2.46. The fraction of sp³-hybridized carbons (Fsp3) is 0.905. The summed E-state index contributed by atoms with van der Waals surface area (Å²) in [6.45, 7) is 2.26. The van der Waals surface area contributed by atoms with Crippen molar-refractivity contribution < 1.29 is 14.3 Å². The van der Waals surface area contributed by atoms with Crippen molar-refractivity contribution in [3.05, 3.63) is 0 Å². The van der Waals surface area contributed by atoms with Gasteiger partial charge in [-0.2, -0.15) is 5.10 Å². The Morgan fingerprint density at radius 3 is 2.52 bits per heavy atom. The van der Waals surface area contributed by atoms with Crippen molar-refractivity contribution in [2.24, 2.45) is 16.9 Å². The van der Waals surface area contributed by atoms with Crippen LogP contribution in [0.25, 0.3) is 0 Å². The van der Waals surface area contributed by atoms with Gasteiger partial charge in [0.15, 0.2) is 0 Å². The monoisotopic (exact) mass is 377 g/mol. The molecule has 0 amide bonds. The van der Waals surface area contributed by atoms with E-state index in [0.29, 0.717) is 24.7 Å². The van der Waals surface area contributed by atoms with Crippen LogP contribution in [0.5, 0.6) is 0 Å². The third-order valence-electron chi connectivity index (χ3n) is 6.80. The summed E-state index contributed by atoms with van der Waals surface area (Å²) in [5.74, 6) is 0.164. The highest BCUT2D eigenvalue weighted by atomic mass is 16.5. The molecule has 6 heteroatoms. The molecule has 0 aromatic heterocycles. The van der Waals surface area contributed by atoms with Gasteiger partial charge in [0.25, 0.3) is 0 Å². The first kappa shape index (κ1) is 19.2. The number of fused-ring (bicyclic) bond motifs is 1. The third kappa shape index (κ3) is 4.32. The van der Waals surface area contributed by atoms with Crippen LogP contribution in [0.1, 0.15) is 77.6 Å². The molecule has 0 radical (unpaired) electrons. The van der Waals surface area contributed by atoms with Gasteiger partial charge in [-0.1, -0.05) is 38.5 Å². The predicted octanol–water partition coefficient (Wildman–Crippen LogP) is 3.41. The molecule has 1 N–H and O–H groups in total. The number of hydrogen-bond donors (Lipinski definition) is 1. The van der Waals surface area contributed by atoms with Crippen LogP contribution in [0.4, 0.5) is 0 Å². The molecule has 2 aliphatic carbocycles. The number of carbonyl (C=O) groups is 1. The molecule has 4 atom stereocenters. The zero-order valence-corrected chi connectivity index (χ0v) is 16.6. The Balaban J connectivity index is 1.48. The van der Waals surface area contributed by atoms with Gasteiger partial charge in [0.05, 0.1) is 12.7 Å². The number of hydrazone groups is 1. The molecule has 27 heavy (non-hydrogen) atoms. The van der Waals surface area contributed by atoms with E-state index in [-0.39, 0.29) is 24.3 Å². The zero-order chi connectivity index (χ0) is 18.6. The molecular weight excluding hydrogens is 342 g/mol. The molecule has 2 heterocycles. The molecule has 2 aliphatic heterocycles. The molecule has 0 aromatic rings. The van der Waals surface area contributed by atoms with Crippen LogP contribution in [-0.2, 0) is 14.3 Å². The van der Waals surface area contributed by atoms with E-state index in [1.165, 1.54) is 51.4 Å². The van der Waals surface area contributed by atoms with Crippen LogP contribution in [0.2, 0.25) is 0 Å². The number of hydrogen-bond acceptors (Lipinski definition) is 6. The van der Waals surface area contributed by atoms with Crippen LogP contribution in [0.15, 0.2) is 5.10 Å². The first-order valence-corrected chi connectivity index (χ1v) is 11.2. The molecule has 4 unspecified atom stereocenters. The summed E-state index contributed by atoms with van der Waals surface area (Å²) in [6, 6.07) is 0.402. The topological polar surface area (TPSA) is 63.2 Å².